The fraction of sp³-hybridized carbons (Fsp3) is 0.182. The van der Waals surface area contributed by atoms with Gasteiger partial charge in [0, 0.05) is 37.4 Å². The van der Waals surface area contributed by atoms with Crippen molar-refractivity contribution in [2.75, 3.05) is 0 Å². The quantitative estimate of drug-likeness (QED) is 0.142. The number of hydrogen-bond acceptors (Lipinski definition) is 3. The normalized spacial score (nSPS) is 11.9. The Morgan fingerprint density at radius 1 is 0.521 bits per heavy atom. The number of fused-ring (bicyclic) bond motifs is 3. The van der Waals surface area contributed by atoms with Crippen molar-refractivity contribution in [1.29, 1.82) is 0 Å². The summed E-state index contributed by atoms with van der Waals surface area (Å²) in [5.74, 6) is 0.205. The first-order chi connectivity index (χ1) is 22.5. The molecule has 0 amide bonds. The van der Waals surface area contributed by atoms with Gasteiger partial charge in [-0.25, -0.2) is 4.98 Å². The first-order valence-electron chi connectivity index (χ1n) is 16.2. The molecular weight excluding hydrogens is 768 g/mol. The van der Waals surface area contributed by atoms with Crippen LogP contribution in [0.2, 0.25) is 0 Å². The Morgan fingerprint density at radius 3 is 1.56 bits per heavy atom. The molecule has 2 aromatic heterocycles. The molecule has 242 valence electrons. The van der Waals surface area contributed by atoms with Crippen LogP contribution in [-0.4, -0.2) is 15.1 Å². The molecular formula is C44H39N2OPt-. The second-order valence-corrected chi connectivity index (χ2v) is 14.4. The second kappa shape index (κ2) is 12.8. The molecule has 0 aliphatic rings. The summed E-state index contributed by atoms with van der Waals surface area (Å²) in [6, 6.07) is 45.2. The van der Waals surface area contributed by atoms with Gasteiger partial charge in [0.15, 0.2) is 0 Å². The Hall–Kier alpha value is -4.59. The molecule has 0 fully saturated rings. The average molecular weight is 807 g/mol. The molecule has 0 saturated carbocycles. The number of aromatic nitrogens is 2. The van der Waals surface area contributed by atoms with Crippen LogP contribution in [0, 0.1) is 6.07 Å². The maximum atomic E-state index is 11.2. The predicted molar refractivity (Wildman–Crippen MR) is 197 cm³/mol. The first-order valence-corrected chi connectivity index (χ1v) is 16.2. The van der Waals surface area contributed by atoms with E-state index in [2.05, 4.69) is 139 Å². The van der Waals surface area contributed by atoms with E-state index in [-0.39, 0.29) is 37.6 Å². The van der Waals surface area contributed by atoms with Gasteiger partial charge in [-0.15, -0.1) is 35.4 Å². The van der Waals surface area contributed by atoms with Crippen molar-refractivity contribution in [3.8, 4) is 50.5 Å². The number of benzene rings is 5. The van der Waals surface area contributed by atoms with Crippen molar-refractivity contribution in [1.82, 2.24) is 9.97 Å². The summed E-state index contributed by atoms with van der Waals surface area (Å²) in [5, 5.41) is 13.3. The zero-order valence-electron chi connectivity index (χ0n) is 28.2. The third kappa shape index (κ3) is 6.32. The van der Waals surface area contributed by atoms with Gasteiger partial charge in [0.2, 0.25) is 0 Å². The molecule has 3 nitrogen and oxygen atoms in total. The van der Waals surface area contributed by atoms with E-state index in [4.69, 9.17) is 9.97 Å². The summed E-state index contributed by atoms with van der Waals surface area (Å²) in [5.41, 5.74) is 11.4. The van der Waals surface area contributed by atoms with Crippen LogP contribution < -0.4 is 0 Å². The second-order valence-electron chi connectivity index (χ2n) is 14.4. The van der Waals surface area contributed by atoms with Crippen LogP contribution in [0.3, 0.4) is 0 Å². The van der Waals surface area contributed by atoms with E-state index < -0.39 is 0 Å². The van der Waals surface area contributed by atoms with Gasteiger partial charge >= 0.3 is 0 Å². The molecule has 0 radical (unpaired) electrons. The molecule has 7 rings (SSSR count). The number of phenols is 1. The van der Waals surface area contributed by atoms with Crippen molar-refractivity contribution in [3.63, 3.8) is 0 Å². The first kappa shape index (κ1) is 33.3. The number of nitrogens with zero attached hydrogens (tertiary/aromatic N) is 2. The summed E-state index contributed by atoms with van der Waals surface area (Å²) in [7, 11) is 0. The summed E-state index contributed by atoms with van der Waals surface area (Å²) < 4.78 is 0. The van der Waals surface area contributed by atoms with Gasteiger partial charge in [-0.3, -0.25) is 4.98 Å². The number of phenolic OH excluding ortho intramolecular Hbond substituents is 1. The molecule has 0 spiro atoms. The molecule has 7 aromatic rings. The Kier molecular flexibility index (Phi) is 8.88. The number of hydrogen-bond donors (Lipinski definition) is 1. The predicted octanol–water partition coefficient (Wildman–Crippen LogP) is 11.5. The molecule has 0 aliphatic carbocycles. The van der Waals surface area contributed by atoms with Crippen molar-refractivity contribution in [2.45, 2.75) is 52.4 Å². The fourth-order valence-electron chi connectivity index (χ4n) is 6.25. The summed E-state index contributed by atoms with van der Waals surface area (Å²) in [4.78, 5) is 10.7. The number of pyridine rings is 2. The fourth-order valence-corrected chi connectivity index (χ4v) is 6.25. The van der Waals surface area contributed by atoms with Crippen LogP contribution in [0.15, 0.2) is 121 Å². The van der Waals surface area contributed by atoms with Crippen molar-refractivity contribution in [3.05, 3.63) is 139 Å². The molecule has 1 N–H and O–H groups in total. The monoisotopic (exact) mass is 806 g/mol. The molecule has 0 bridgehead atoms. The summed E-state index contributed by atoms with van der Waals surface area (Å²) >= 11 is 0. The zero-order chi connectivity index (χ0) is 32.9. The maximum absolute atomic E-state index is 11.2. The molecule has 2 heterocycles. The van der Waals surface area contributed by atoms with Crippen molar-refractivity contribution in [2.24, 2.45) is 0 Å². The van der Waals surface area contributed by atoms with Gasteiger partial charge in [0.1, 0.15) is 5.75 Å². The van der Waals surface area contributed by atoms with Gasteiger partial charge < -0.3 is 5.11 Å². The Labute approximate surface area is 298 Å². The number of rotatable bonds is 4. The molecule has 48 heavy (non-hydrogen) atoms. The molecule has 0 unspecified atom stereocenters. The minimum absolute atomic E-state index is 0. The molecule has 0 aliphatic heterocycles. The van der Waals surface area contributed by atoms with Gasteiger partial charge in [0.25, 0.3) is 0 Å². The van der Waals surface area contributed by atoms with E-state index in [9.17, 15) is 5.11 Å². The molecule has 5 aromatic carbocycles. The van der Waals surface area contributed by atoms with E-state index in [1.807, 2.05) is 24.3 Å². The Bertz CT molecular complexity index is 2260. The summed E-state index contributed by atoms with van der Waals surface area (Å²) in [6.07, 6.45) is 0. The molecule has 0 atom stereocenters. The Morgan fingerprint density at radius 2 is 1.02 bits per heavy atom. The van der Waals surface area contributed by atoms with Crippen LogP contribution in [0.4, 0.5) is 0 Å². The average Bonchev–Trinajstić information content (AvgIpc) is 3.07. The van der Waals surface area contributed by atoms with E-state index in [1.165, 1.54) is 5.56 Å². The Balaban J connectivity index is 0.00000401. The van der Waals surface area contributed by atoms with Crippen LogP contribution in [0.5, 0.6) is 5.75 Å². The van der Waals surface area contributed by atoms with E-state index in [1.54, 1.807) is 6.07 Å². The minimum Gasteiger partial charge on any atom is -0.507 e. The zero-order valence-corrected chi connectivity index (χ0v) is 30.5. The summed E-state index contributed by atoms with van der Waals surface area (Å²) in [6.45, 7) is 13.2. The van der Waals surface area contributed by atoms with E-state index in [0.29, 0.717) is 11.3 Å². The molecule has 0 saturated heterocycles. The number of aromatic hydroxyl groups is 1. The largest absolute Gasteiger partial charge is 0.507 e. The van der Waals surface area contributed by atoms with Gasteiger partial charge in [0.05, 0.1) is 16.7 Å². The van der Waals surface area contributed by atoms with Crippen molar-refractivity contribution >= 4 is 21.8 Å². The topological polar surface area (TPSA) is 46.0 Å². The SMILES string of the molecule is CC(C)(C)c1cc[c-]c(-c2cc(-c3ccccc3)c3ccc4c(-c5ccccc5)cc(-c5cc(C(C)(C)C)ccc5O)nc4c3n2)c1.[Pt]. The van der Waals surface area contributed by atoms with E-state index in [0.717, 1.165) is 60.9 Å². The van der Waals surface area contributed by atoms with Crippen LogP contribution in [0.1, 0.15) is 52.7 Å². The minimum atomic E-state index is -0.0899. The van der Waals surface area contributed by atoms with Gasteiger partial charge in [-0.1, -0.05) is 126 Å². The van der Waals surface area contributed by atoms with Crippen LogP contribution in [0.25, 0.3) is 66.6 Å². The van der Waals surface area contributed by atoms with Gasteiger partial charge in [-0.2, -0.15) is 0 Å². The smallest absolute Gasteiger partial charge is 0.124 e. The van der Waals surface area contributed by atoms with Gasteiger partial charge in [-0.05, 0) is 62.5 Å². The standard InChI is InChI=1S/C44H39N2O.Pt/c1-43(2,3)31-19-13-18-30(24-31)38-26-35(28-14-9-7-10-15-28)33-21-22-34-36(29-16-11-8-12-17-29)27-39(46-42(34)41(33)45-38)37-25-32(44(4,5)6)20-23-40(37)47;/h7-17,19-27,47H,1-6H3;/q-1;. The van der Waals surface area contributed by atoms with E-state index >= 15 is 0 Å². The van der Waals surface area contributed by atoms with Crippen molar-refractivity contribution < 1.29 is 26.2 Å². The van der Waals surface area contributed by atoms with Crippen LogP contribution in [-0.2, 0) is 31.9 Å². The maximum Gasteiger partial charge on any atom is 0.124 e. The molecule has 4 heteroatoms. The van der Waals surface area contributed by atoms with Crippen LogP contribution >= 0.6 is 0 Å². The third-order valence-corrected chi connectivity index (χ3v) is 9.01. The third-order valence-electron chi connectivity index (χ3n) is 9.01.